The molecular formula is C15H27N5O. The number of nitrogens with one attached hydrogen (secondary N) is 1. The third kappa shape index (κ3) is 6.42. The van der Waals surface area contributed by atoms with Crippen molar-refractivity contribution in [2.45, 2.75) is 52.5 Å². The second-order valence-corrected chi connectivity index (χ2v) is 4.88. The number of unbranched alkanes of at least 4 members (excludes halogenated alkanes) is 1. The van der Waals surface area contributed by atoms with Crippen LogP contribution < -0.4 is 15.8 Å². The molecule has 21 heavy (non-hydrogen) atoms. The maximum absolute atomic E-state index is 5.83. The van der Waals surface area contributed by atoms with Gasteiger partial charge in [0.1, 0.15) is 6.61 Å². The summed E-state index contributed by atoms with van der Waals surface area (Å²) in [6, 6.07) is 0.168. The topological polar surface area (TPSA) is 85.4 Å². The molecular weight excluding hydrogens is 266 g/mol. The number of rotatable bonds is 10. The van der Waals surface area contributed by atoms with Gasteiger partial charge in [0.15, 0.2) is 11.6 Å². The van der Waals surface area contributed by atoms with Gasteiger partial charge in [-0.1, -0.05) is 26.7 Å². The molecule has 0 spiro atoms. The van der Waals surface area contributed by atoms with Crippen molar-refractivity contribution in [1.82, 2.24) is 9.97 Å². The first-order valence-corrected chi connectivity index (χ1v) is 7.68. The zero-order valence-corrected chi connectivity index (χ0v) is 13.3. The summed E-state index contributed by atoms with van der Waals surface area (Å²) in [5.41, 5.74) is 5.64. The Hall–Kier alpha value is -1.85. The van der Waals surface area contributed by atoms with Crippen molar-refractivity contribution in [1.29, 1.82) is 0 Å². The maximum Gasteiger partial charge on any atom is 0.222 e. The van der Waals surface area contributed by atoms with Crippen LogP contribution in [0.2, 0.25) is 0 Å². The number of hydrogen-bond acceptors (Lipinski definition) is 6. The van der Waals surface area contributed by atoms with Gasteiger partial charge in [0, 0.05) is 6.54 Å². The van der Waals surface area contributed by atoms with E-state index in [2.05, 4.69) is 34.1 Å². The normalized spacial score (nSPS) is 12.5. The van der Waals surface area contributed by atoms with Crippen LogP contribution >= 0.6 is 0 Å². The minimum Gasteiger partial charge on any atom is -0.486 e. The van der Waals surface area contributed by atoms with E-state index in [9.17, 15) is 0 Å². The molecule has 0 aliphatic carbocycles. The second-order valence-electron chi connectivity index (χ2n) is 4.88. The molecule has 0 aliphatic heterocycles. The van der Waals surface area contributed by atoms with Gasteiger partial charge in [0.25, 0.3) is 0 Å². The lowest BCUT2D eigenvalue weighted by atomic mass is 10.2. The summed E-state index contributed by atoms with van der Waals surface area (Å²) in [5.74, 6) is 1.54. The Balaban J connectivity index is 2.67. The smallest absolute Gasteiger partial charge is 0.222 e. The Morgan fingerprint density at radius 1 is 1.43 bits per heavy atom. The monoisotopic (exact) mass is 293 g/mol. The van der Waals surface area contributed by atoms with E-state index in [4.69, 9.17) is 10.5 Å². The van der Waals surface area contributed by atoms with E-state index in [0.717, 1.165) is 32.2 Å². The van der Waals surface area contributed by atoms with Crippen molar-refractivity contribution in [2.24, 2.45) is 4.99 Å². The van der Waals surface area contributed by atoms with Gasteiger partial charge in [-0.25, -0.2) is 4.98 Å². The van der Waals surface area contributed by atoms with E-state index in [1.54, 1.807) is 6.20 Å². The van der Waals surface area contributed by atoms with Gasteiger partial charge in [-0.2, -0.15) is 4.98 Å². The zero-order valence-electron chi connectivity index (χ0n) is 13.3. The van der Waals surface area contributed by atoms with Crippen LogP contribution in [0.1, 0.15) is 46.5 Å². The van der Waals surface area contributed by atoms with Crippen LogP contribution in [0.3, 0.4) is 0 Å². The first-order valence-electron chi connectivity index (χ1n) is 7.68. The lowest BCUT2D eigenvalue weighted by molar-refractivity contribution is 0.282. The van der Waals surface area contributed by atoms with Gasteiger partial charge in [0.05, 0.1) is 12.2 Å². The average Bonchev–Trinajstić information content (AvgIpc) is 2.47. The van der Waals surface area contributed by atoms with Gasteiger partial charge in [-0.15, -0.1) is 0 Å². The molecule has 0 saturated carbocycles. The lowest BCUT2D eigenvalue weighted by Gasteiger charge is -2.15. The van der Waals surface area contributed by atoms with Crippen LogP contribution in [0.15, 0.2) is 11.2 Å². The summed E-state index contributed by atoms with van der Waals surface area (Å²) in [4.78, 5) is 12.6. The fourth-order valence-corrected chi connectivity index (χ4v) is 1.93. The van der Waals surface area contributed by atoms with Crippen LogP contribution in [-0.4, -0.2) is 35.4 Å². The Morgan fingerprint density at radius 3 is 2.90 bits per heavy atom. The van der Waals surface area contributed by atoms with E-state index in [1.807, 2.05) is 13.1 Å². The largest absolute Gasteiger partial charge is 0.486 e. The first-order chi connectivity index (χ1) is 10.2. The number of aliphatic imine (C=N–C) groups is 1. The molecule has 0 aliphatic rings. The third-order valence-corrected chi connectivity index (χ3v) is 3.01. The van der Waals surface area contributed by atoms with Gasteiger partial charge in [0.2, 0.25) is 5.95 Å². The molecule has 3 N–H and O–H groups in total. The highest BCUT2D eigenvalue weighted by atomic mass is 16.5. The molecule has 0 amide bonds. The predicted molar refractivity (Wildman–Crippen MR) is 88.2 cm³/mol. The summed E-state index contributed by atoms with van der Waals surface area (Å²) < 4.78 is 5.83. The summed E-state index contributed by atoms with van der Waals surface area (Å²) in [6.07, 6.45) is 7.71. The fourth-order valence-electron chi connectivity index (χ4n) is 1.93. The van der Waals surface area contributed by atoms with Crippen LogP contribution in [0.5, 0.6) is 5.75 Å². The summed E-state index contributed by atoms with van der Waals surface area (Å²) in [5, 5.41) is 3.25. The molecule has 1 aromatic rings. The minimum absolute atomic E-state index is 0.168. The van der Waals surface area contributed by atoms with E-state index >= 15 is 0 Å². The Morgan fingerprint density at radius 2 is 2.24 bits per heavy atom. The Bertz CT molecular complexity index is 436. The highest BCUT2D eigenvalue weighted by Crippen LogP contribution is 2.22. The number of nitrogen functional groups attached to an aromatic ring is 1. The molecule has 1 heterocycles. The van der Waals surface area contributed by atoms with Gasteiger partial charge in [-0.05, 0) is 26.0 Å². The number of anilines is 2. The number of aromatic nitrogens is 2. The van der Waals surface area contributed by atoms with E-state index < -0.39 is 0 Å². The molecule has 0 fully saturated rings. The Kier molecular flexibility index (Phi) is 8.16. The molecule has 1 rings (SSSR count). The van der Waals surface area contributed by atoms with E-state index in [0.29, 0.717) is 18.2 Å². The number of ether oxygens (including phenoxy) is 1. The van der Waals surface area contributed by atoms with Gasteiger partial charge >= 0.3 is 0 Å². The fraction of sp³-hybridized carbons (Fsp3) is 0.667. The van der Waals surface area contributed by atoms with Crippen molar-refractivity contribution in [2.75, 3.05) is 24.2 Å². The molecule has 118 valence electrons. The number of nitrogens with two attached hydrogens (primary N) is 1. The van der Waals surface area contributed by atoms with Crippen LogP contribution in [0, 0.1) is 0 Å². The van der Waals surface area contributed by atoms with Crippen LogP contribution in [0.25, 0.3) is 0 Å². The number of hydrogen-bond donors (Lipinski definition) is 2. The molecule has 0 aromatic carbocycles. The van der Waals surface area contributed by atoms with Crippen molar-refractivity contribution in [3.05, 3.63) is 6.20 Å². The van der Waals surface area contributed by atoms with Gasteiger partial charge < -0.3 is 15.8 Å². The summed E-state index contributed by atoms with van der Waals surface area (Å²) in [7, 11) is 0. The molecule has 0 saturated heterocycles. The average molecular weight is 293 g/mol. The van der Waals surface area contributed by atoms with Crippen LogP contribution in [0.4, 0.5) is 11.8 Å². The molecule has 1 unspecified atom stereocenters. The van der Waals surface area contributed by atoms with Crippen molar-refractivity contribution < 1.29 is 4.74 Å². The first kappa shape index (κ1) is 17.2. The van der Waals surface area contributed by atoms with E-state index in [-0.39, 0.29) is 12.0 Å². The molecule has 0 bridgehead atoms. The standard InChI is InChI=1S/C15H27N5O/c1-4-7-9-18-14-13(10-19-15(16)20-14)21-11-12(8-5-2)17-6-3/h6,10,12H,4-5,7-9,11H2,1-3H3,(H3,16,18,19,20). The maximum atomic E-state index is 5.83. The van der Waals surface area contributed by atoms with Crippen molar-refractivity contribution in [3.8, 4) is 5.75 Å². The summed E-state index contributed by atoms with van der Waals surface area (Å²) >= 11 is 0. The molecule has 6 nitrogen and oxygen atoms in total. The molecule has 0 radical (unpaired) electrons. The highest BCUT2D eigenvalue weighted by Gasteiger charge is 2.10. The van der Waals surface area contributed by atoms with Crippen LogP contribution in [-0.2, 0) is 0 Å². The van der Waals surface area contributed by atoms with Crippen molar-refractivity contribution >= 4 is 18.0 Å². The third-order valence-electron chi connectivity index (χ3n) is 3.01. The second kappa shape index (κ2) is 9.96. The molecule has 6 heteroatoms. The SMILES string of the molecule is CC=NC(CCC)COc1cnc(N)nc1NCCCC. The minimum atomic E-state index is 0.168. The van der Waals surface area contributed by atoms with Crippen molar-refractivity contribution in [3.63, 3.8) is 0 Å². The molecule has 1 atom stereocenters. The van der Waals surface area contributed by atoms with E-state index in [1.165, 1.54) is 0 Å². The molecule has 1 aromatic heterocycles. The predicted octanol–water partition coefficient (Wildman–Crippen LogP) is 2.91. The zero-order chi connectivity index (χ0) is 15.5. The quantitative estimate of drug-likeness (QED) is 0.512. The Labute approximate surface area is 127 Å². The highest BCUT2D eigenvalue weighted by molar-refractivity contribution is 5.53. The lowest BCUT2D eigenvalue weighted by Crippen LogP contribution is -2.17. The number of nitrogens with zero attached hydrogens (tertiary/aromatic N) is 3. The van der Waals surface area contributed by atoms with Gasteiger partial charge in [-0.3, -0.25) is 4.99 Å². The summed E-state index contributed by atoms with van der Waals surface area (Å²) in [6.45, 7) is 7.57.